The topological polar surface area (TPSA) is 25.8 Å². The summed E-state index contributed by atoms with van der Waals surface area (Å²) in [6.45, 7) is 2.31. The van der Waals surface area contributed by atoms with Crippen molar-refractivity contribution < 1.29 is 0 Å². The second-order valence-corrected chi connectivity index (χ2v) is 5.75. The molecule has 2 nitrogen and oxygen atoms in total. The normalized spacial score (nSPS) is 29.6. The van der Waals surface area contributed by atoms with Crippen LogP contribution in [0.25, 0.3) is 0 Å². The van der Waals surface area contributed by atoms with E-state index < -0.39 is 0 Å². The van der Waals surface area contributed by atoms with E-state index in [2.05, 4.69) is 11.9 Å². The van der Waals surface area contributed by atoms with E-state index in [-0.39, 0.29) is 0 Å². The van der Waals surface area contributed by atoms with Crippen molar-refractivity contribution in [3.05, 3.63) is 22.7 Å². The van der Waals surface area contributed by atoms with Gasteiger partial charge in [-0.25, -0.2) is 9.97 Å². The molecular weight excluding hydrogens is 220 g/mol. The zero-order valence-electron chi connectivity index (χ0n) is 9.62. The maximum atomic E-state index is 6.09. The third kappa shape index (κ3) is 2.08. The number of rotatable bonds is 2. The Morgan fingerprint density at radius 1 is 1.12 bits per heavy atom. The fourth-order valence-corrected chi connectivity index (χ4v) is 2.86. The highest BCUT2D eigenvalue weighted by molar-refractivity contribution is 6.29. The van der Waals surface area contributed by atoms with Gasteiger partial charge in [0.2, 0.25) is 0 Å². The van der Waals surface area contributed by atoms with Crippen LogP contribution in [0.4, 0.5) is 0 Å². The average molecular weight is 237 g/mol. The van der Waals surface area contributed by atoms with Crippen LogP contribution in [0, 0.1) is 5.92 Å². The van der Waals surface area contributed by atoms with Gasteiger partial charge in [0.05, 0.1) is 0 Å². The summed E-state index contributed by atoms with van der Waals surface area (Å²) in [5.41, 5.74) is 1.18. The van der Waals surface area contributed by atoms with Gasteiger partial charge in [-0.1, -0.05) is 18.5 Å². The van der Waals surface area contributed by atoms with Crippen LogP contribution in [0.5, 0.6) is 0 Å². The SMILES string of the molecule is CC1CCC(c2nc(Cl)cc(C3CC3)n2)C1. The lowest BCUT2D eigenvalue weighted by atomic mass is 10.1. The highest BCUT2D eigenvalue weighted by atomic mass is 35.5. The van der Waals surface area contributed by atoms with Gasteiger partial charge in [0.15, 0.2) is 0 Å². The summed E-state index contributed by atoms with van der Waals surface area (Å²) in [7, 11) is 0. The molecule has 1 aromatic rings. The highest BCUT2D eigenvalue weighted by Gasteiger charge is 2.29. The molecule has 0 bridgehead atoms. The quantitative estimate of drug-likeness (QED) is 0.728. The van der Waals surface area contributed by atoms with Crippen molar-refractivity contribution >= 4 is 11.6 Å². The summed E-state index contributed by atoms with van der Waals surface area (Å²) < 4.78 is 0. The summed E-state index contributed by atoms with van der Waals surface area (Å²) >= 11 is 6.09. The van der Waals surface area contributed by atoms with Crippen molar-refractivity contribution in [1.82, 2.24) is 9.97 Å². The molecule has 2 fully saturated rings. The Morgan fingerprint density at radius 2 is 1.88 bits per heavy atom. The standard InChI is InChI=1S/C13H17ClN2/c1-8-2-3-10(6-8)13-15-11(9-4-5-9)7-12(14)16-13/h7-10H,2-6H2,1H3. The molecule has 16 heavy (non-hydrogen) atoms. The fourth-order valence-electron chi connectivity index (χ4n) is 2.67. The summed E-state index contributed by atoms with van der Waals surface area (Å²) in [5.74, 6) is 3.03. The number of hydrogen-bond donors (Lipinski definition) is 0. The molecule has 2 atom stereocenters. The predicted octanol–water partition coefficient (Wildman–Crippen LogP) is 3.91. The van der Waals surface area contributed by atoms with Gasteiger partial charge in [-0.05, 0) is 44.1 Å². The molecule has 1 aromatic heterocycles. The van der Waals surface area contributed by atoms with Gasteiger partial charge in [0.25, 0.3) is 0 Å². The van der Waals surface area contributed by atoms with Crippen LogP contribution in [-0.2, 0) is 0 Å². The van der Waals surface area contributed by atoms with Crippen LogP contribution >= 0.6 is 11.6 Å². The molecule has 2 saturated carbocycles. The molecule has 0 N–H and O–H groups in total. The van der Waals surface area contributed by atoms with Crippen LogP contribution in [0.3, 0.4) is 0 Å². The zero-order valence-corrected chi connectivity index (χ0v) is 10.4. The summed E-state index contributed by atoms with van der Waals surface area (Å²) in [4.78, 5) is 9.13. The first kappa shape index (κ1) is 10.5. The molecule has 0 aliphatic heterocycles. The first-order valence-electron chi connectivity index (χ1n) is 6.26. The zero-order chi connectivity index (χ0) is 11.1. The lowest BCUT2D eigenvalue weighted by Crippen LogP contribution is -2.04. The highest BCUT2D eigenvalue weighted by Crippen LogP contribution is 2.41. The van der Waals surface area contributed by atoms with Crippen molar-refractivity contribution in [2.75, 3.05) is 0 Å². The van der Waals surface area contributed by atoms with Gasteiger partial charge in [-0.15, -0.1) is 0 Å². The third-order valence-corrected chi connectivity index (χ3v) is 3.98. The van der Waals surface area contributed by atoms with Gasteiger partial charge in [-0.3, -0.25) is 0 Å². The fraction of sp³-hybridized carbons (Fsp3) is 0.692. The molecule has 2 aliphatic rings. The van der Waals surface area contributed by atoms with E-state index in [1.54, 1.807) is 0 Å². The van der Waals surface area contributed by atoms with Crippen LogP contribution in [0.2, 0.25) is 5.15 Å². The summed E-state index contributed by atoms with van der Waals surface area (Å²) in [6.07, 6.45) is 6.30. The van der Waals surface area contributed by atoms with Gasteiger partial charge < -0.3 is 0 Å². The molecule has 2 unspecified atom stereocenters. The number of nitrogens with zero attached hydrogens (tertiary/aromatic N) is 2. The first-order chi connectivity index (χ1) is 7.72. The molecule has 1 heterocycles. The van der Waals surface area contributed by atoms with Gasteiger partial charge in [0, 0.05) is 17.5 Å². The number of halogens is 1. The van der Waals surface area contributed by atoms with E-state index in [0.717, 1.165) is 11.7 Å². The van der Waals surface area contributed by atoms with Crippen LogP contribution in [0.1, 0.15) is 62.4 Å². The second kappa shape index (κ2) is 3.99. The van der Waals surface area contributed by atoms with Crippen molar-refractivity contribution in [2.45, 2.75) is 50.9 Å². The van der Waals surface area contributed by atoms with Gasteiger partial charge in [0.1, 0.15) is 11.0 Å². The van der Waals surface area contributed by atoms with E-state index >= 15 is 0 Å². The van der Waals surface area contributed by atoms with Gasteiger partial charge in [-0.2, -0.15) is 0 Å². The molecule has 0 aromatic carbocycles. The van der Waals surface area contributed by atoms with Crippen molar-refractivity contribution in [1.29, 1.82) is 0 Å². The van der Waals surface area contributed by atoms with Crippen LogP contribution in [0.15, 0.2) is 6.07 Å². The molecule has 0 radical (unpaired) electrons. The minimum atomic E-state index is 0.547. The molecule has 0 spiro atoms. The summed E-state index contributed by atoms with van der Waals surface area (Å²) in [6, 6.07) is 1.95. The average Bonchev–Trinajstić information content (AvgIpc) is 3.01. The largest absolute Gasteiger partial charge is 0.237 e. The van der Waals surface area contributed by atoms with E-state index in [0.29, 0.717) is 17.0 Å². The van der Waals surface area contributed by atoms with E-state index in [1.807, 2.05) is 6.07 Å². The third-order valence-electron chi connectivity index (χ3n) is 3.79. The lowest BCUT2D eigenvalue weighted by molar-refractivity contribution is 0.583. The van der Waals surface area contributed by atoms with Gasteiger partial charge >= 0.3 is 0 Å². The smallest absolute Gasteiger partial charge is 0.133 e. The number of aromatic nitrogens is 2. The predicted molar refractivity (Wildman–Crippen MR) is 64.8 cm³/mol. The van der Waals surface area contributed by atoms with Crippen molar-refractivity contribution in [2.24, 2.45) is 5.92 Å². The molecular formula is C13H17ClN2. The van der Waals surface area contributed by atoms with E-state index in [9.17, 15) is 0 Å². The Balaban J connectivity index is 1.88. The molecule has 2 aliphatic carbocycles. The minimum Gasteiger partial charge on any atom is -0.237 e. The van der Waals surface area contributed by atoms with Crippen LogP contribution in [-0.4, -0.2) is 9.97 Å². The molecule has 3 rings (SSSR count). The van der Waals surface area contributed by atoms with Crippen molar-refractivity contribution in [3.63, 3.8) is 0 Å². The first-order valence-corrected chi connectivity index (χ1v) is 6.64. The lowest BCUT2D eigenvalue weighted by Gasteiger charge is -2.10. The van der Waals surface area contributed by atoms with E-state index in [1.165, 1.54) is 37.8 Å². The second-order valence-electron chi connectivity index (χ2n) is 5.36. The Bertz CT molecular complexity index is 401. The maximum Gasteiger partial charge on any atom is 0.133 e. The number of hydrogen-bond acceptors (Lipinski definition) is 2. The molecule has 86 valence electrons. The molecule has 0 saturated heterocycles. The monoisotopic (exact) mass is 236 g/mol. The Kier molecular flexibility index (Phi) is 2.62. The minimum absolute atomic E-state index is 0.547. The summed E-state index contributed by atoms with van der Waals surface area (Å²) in [5, 5.41) is 0.631. The Hall–Kier alpha value is -0.630. The Morgan fingerprint density at radius 3 is 2.50 bits per heavy atom. The van der Waals surface area contributed by atoms with Crippen molar-refractivity contribution in [3.8, 4) is 0 Å². The molecule has 3 heteroatoms. The van der Waals surface area contributed by atoms with Crippen LogP contribution < -0.4 is 0 Å². The Labute approximate surface area is 101 Å². The maximum absolute atomic E-state index is 6.09. The van der Waals surface area contributed by atoms with E-state index in [4.69, 9.17) is 16.6 Å². The molecule has 0 amide bonds.